The summed E-state index contributed by atoms with van der Waals surface area (Å²) in [5.74, 6) is 0. The number of hydrogen-bond donors (Lipinski definition) is 1. The van der Waals surface area contributed by atoms with E-state index in [-0.39, 0.29) is 17.6 Å². The summed E-state index contributed by atoms with van der Waals surface area (Å²) < 4.78 is 6.31. The highest BCUT2D eigenvalue weighted by Gasteiger charge is 2.54. The molecule has 1 aliphatic carbocycles. The topological polar surface area (TPSA) is 29.5 Å². The second-order valence-corrected chi connectivity index (χ2v) is 5.63. The molecule has 2 heteroatoms. The third kappa shape index (κ3) is 1.54. The van der Waals surface area contributed by atoms with Gasteiger partial charge in [0.15, 0.2) is 0 Å². The van der Waals surface area contributed by atoms with E-state index >= 15 is 0 Å². The number of aliphatic hydroxyl groups is 1. The Kier molecular flexibility index (Phi) is 3.15. The maximum atomic E-state index is 9.58. The molecule has 16 heavy (non-hydrogen) atoms. The van der Waals surface area contributed by atoms with Crippen LogP contribution in [0, 0.1) is 5.41 Å². The van der Waals surface area contributed by atoms with Gasteiger partial charge in [-0.3, -0.25) is 0 Å². The van der Waals surface area contributed by atoms with Crippen LogP contribution in [0.3, 0.4) is 0 Å². The van der Waals surface area contributed by atoms with Crippen molar-refractivity contribution in [1.29, 1.82) is 0 Å². The molecule has 1 saturated heterocycles. The first-order valence-electron chi connectivity index (χ1n) is 6.56. The summed E-state index contributed by atoms with van der Waals surface area (Å²) in [6.07, 6.45) is 8.14. The van der Waals surface area contributed by atoms with Gasteiger partial charge in [-0.2, -0.15) is 0 Å². The molecule has 1 aliphatic heterocycles. The van der Waals surface area contributed by atoms with Gasteiger partial charge in [-0.15, -0.1) is 0 Å². The van der Waals surface area contributed by atoms with E-state index in [4.69, 9.17) is 4.74 Å². The Morgan fingerprint density at radius 1 is 1.50 bits per heavy atom. The molecule has 3 atom stereocenters. The Labute approximate surface area is 98.7 Å². The maximum Gasteiger partial charge on any atom is 0.0967 e. The molecule has 0 spiro atoms. The monoisotopic (exact) mass is 224 g/mol. The van der Waals surface area contributed by atoms with E-state index < -0.39 is 0 Å². The number of ether oxygens (including phenoxy) is 1. The van der Waals surface area contributed by atoms with Crippen LogP contribution in [0.15, 0.2) is 11.6 Å². The van der Waals surface area contributed by atoms with E-state index in [0.717, 1.165) is 24.8 Å². The smallest absolute Gasteiger partial charge is 0.0967 e. The van der Waals surface area contributed by atoms with Crippen molar-refractivity contribution in [2.45, 2.75) is 64.6 Å². The average molecular weight is 224 g/mol. The molecule has 1 N–H and O–H groups in total. The van der Waals surface area contributed by atoms with Gasteiger partial charge in [-0.05, 0) is 44.6 Å². The predicted octanol–water partition coefficient (Wildman–Crippen LogP) is 3.05. The Hall–Kier alpha value is -0.340. The van der Waals surface area contributed by atoms with Crippen LogP contribution < -0.4 is 0 Å². The lowest BCUT2D eigenvalue weighted by Gasteiger charge is -2.56. The number of aliphatic hydroxyl groups excluding tert-OH is 1. The lowest BCUT2D eigenvalue weighted by molar-refractivity contribution is -0.185. The van der Waals surface area contributed by atoms with Gasteiger partial charge in [0, 0.05) is 5.41 Å². The summed E-state index contributed by atoms with van der Waals surface area (Å²) in [7, 11) is 0. The van der Waals surface area contributed by atoms with E-state index in [1.165, 1.54) is 12.8 Å². The Bertz CT molecular complexity index is 297. The van der Waals surface area contributed by atoms with Crippen molar-refractivity contribution in [2.24, 2.45) is 5.41 Å². The molecular weight excluding hydrogens is 200 g/mol. The summed E-state index contributed by atoms with van der Waals surface area (Å²) >= 11 is 0. The summed E-state index contributed by atoms with van der Waals surface area (Å²) in [6, 6.07) is 0. The first kappa shape index (κ1) is 12.1. The number of allylic oxidation sites excluding steroid dienone is 1. The van der Waals surface area contributed by atoms with Crippen molar-refractivity contribution in [2.75, 3.05) is 6.61 Å². The van der Waals surface area contributed by atoms with Crippen LogP contribution in [0.1, 0.15) is 52.9 Å². The van der Waals surface area contributed by atoms with Crippen LogP contribution >= 0.6 is 0 Å². The van der Waals surface area contributed by atoms with Crippen molar-refractivity contribution < 1.29 is 9.84 Å². The molecule has 0 aromatic rings. The second kappa shape index (κ2) is 4.15. The highest BCUT2D eigenvalue weighted by atomic mass is 16.5. The quantitative estimate of drug-likeness (QED) is 0.730. The maximum absolute atomic E-state index is 9.58. The van der Waals surface area contributed by atoms with Crippen molar-refractivity contribution in [3.63, 3.8) is 0 Å². The molecule has 2 nitrogen and oxygen atoms in total. The molecule has 0 saturated carbocycles. The van der Waals surface area contributed by atoms with Gasteiger partial charge in [0.25, 0.3) is 0 Å². The first-order valence-corrected chi connectivity index (χ1v) is 6.56. The minimum atomic E-state index is -0.197. The summed E-state index contributed by atoms with van der Waals surface area (Å²) in [5.41, 5.74) is 1.15. The normalized spacial score (nSPS) is 43.8. The number of hydrogen-bond acceptors (Lipinski definition) is 2. The zero-order chi connectivity index (χ0) is 11.8. The van der Waals surface area contributed by atoms with Crippen molar-refractivity contribution in [3.05, 3.63) is 11.6 Å². The fourth-order valence-corrected chi connectivity index (χ4v) is 3.72. The summed E-state index contributed by atoms with van der Waals surface area (Å²) in [4.78, 5) is 0. The fraction of sp³-hybridized carbons (Fsp3) is 0.857. The molecule has 0 bridgehead atoms. The standard InChI is InChI=1S/C14H24O2/c1-4-14-12(10-15)6-5-8-13(14,3)9-7-11(2)16-14/h6,11,15H,4-5,7-10H2,1-3H3/t11?,13-,14?/m0/s1. The van der Waals surface area contributed by atoms with Crippen molar-refractivity contribution in [3.8, 4) is 0 Å². The van der Waals surface area contributed by atoms with Crippen LogP contribution in [0.2, 0.25) is 0 Å². The first-order chi connectivity index (χ1) is 7.58. The Morgan fingerprint density at radius 3 is 2.88 bits per heavy atom. The van der Waals surface area contributed by atoms with E-state index in [1.54, 1.807) is 0 Å². The molecular formula is C14H24O2. The zero-order valence-electron chi connectivity index (χ0n) is 10.8. The SMILES string of the molecule is CCC12OC(C)CC[C@]1(C)CCC=C2CO. The molecule has 2 aliphatic rings. The predicted molar refractivity (Wildman–Crippen MR) is 65.3 cm³/mol. The lowest BCUT2D eigenvalue weighted by atomic mass is 9.59. The highest BCUT2D eigenvalue weighted by molar-refractivity contribution is 5.27. The second-order valence-electron chi connectivity index (χ2n) is 5.63. The van der Waals surface area contributed by atoms with Crippen molar-refractivity contribution in [1.82, 2.24) is 0 Å². The van der Waals surface area contributed by atoms with Gasteiger partial charge in [0.2, 0.25) is 0 Å². The van der Waals surface area contributed by atoms with E-state index in [1.807, 2.05) is 0 Å². The third-order valence-corrected chi connectivity index (χ3v) is 4.75. The van der Waals surface area contributed by atoms with Crippen LogP contribution in [0.5, 0.6) is 0 Å². The highest BCUT2D eigenvalue weighted by Crippen LogP contribution is 2.55. The zero-order valence-corrected chi connectivity index (χ0v) is 10.8. The van der Waals surface area contributed by atoms with Gasteiger partial charge in [-0.1, -0.05) is 19.9 Å². The van der Waals surface area contributed by atoms with Gasteiger partial charge in [0.1, 0.15) is 0 Å². The third-order valence-electron chi connectivity index (χ3n) is 4.75. The van der Waals surface area contributed by atoms with Crippen LogP contribution in [0.4, 0.5) is 0 Å². The number of fused-ring (bicyclic) bond motifs is 1. The molecule has 1 heterocycles. The molecule has 92 valence electrons. The minimum absolute atomic E-state index is 0.149. The summed E-state index contributed by atoms with van der Waals surface area (Å²) in [5, 5.41) is 9.58. The largest absolute Gasteiger partial charge is 0.392 e. The lowest BCUT2D eigenvalue weighted by Crippen LogP contribution is -2.56. The van der Waals surface area contributed by atoms with Crippen LogP contribution in [-0.2, 0) is 4.74 Å². The van der Waals surface area contributed by atoms with Gasteiger partial charge >= 0.3 is 0 Å². The fourth-order valence-electron chi connectivity index (χ4n) is 3.72. The van der Waals surface area contributed by atoms with Gasteiger partial charge < -0.3 is 9.84 Å². The molecule has 1 fully saturated rings. The van der Waals surface area contributed by atoms with E-state index in [0.29, 0.717) is 6.10 Å². The minimum Gasteiger partial charge on any atom is -0.392 e. The molecule has 0 aromatic carbocycles. The molecule has 2 unspecified atom stereocenters. The molecule has 0 radical (unpaired) electrons. The van der Waals surface area contributed by atoms with E-state index in [2.05, 4.69) is 26.8 Å². The number of rotatable bonds is 2. The average Bonchev–Trinajstić information content (AvgIpc) is 2.29. The summed E-state index contributed by atoms with van der Waals surface area (Å²) in [6.45, 7) is 6.83. The molecule has 0 amide bonds. The Balaban J connectivity index is 2.42. The van der Waals surface area contributed by atoms with Gasteiger partial charge in [0.05, 0.1) is 18.3 Å². The van der Waals surface area contributed by atoms with Crippen LogP contribution in [-0.4, -0.2) is 23.4 Å². The Morgan fingerprint density at radius 2 is 2.25 bits per heavy atom. The van der Waals surface area contributed by atoms with E-state index in [9.17, 15) is 5.11 Å². The molecule has 2 rings (SSSR count). The van der Waals surface area contributed by atoms with Gasteiger partial charge in [-0.25, -0.2) is 0 Å². The molecule has 0 aromatic heterocycles. The van der Waals surface area contributed by atoms with Crippen LogP contribution in [0.25, 0.3) is 0 Å². The van der Waals surface area contributed by atoms with Crippen molar-refractivity contribution >= 4 is 0 Å².